The minimum atomic E-state index is 0.568. The maximum absolute atomic E-state index is 5.22. The van der Waals surface area contributed by atoms with Crippen LogP contribution in [0.1, 0.15) is 10.6 Å². The predicted octanol–water partition coefficient (Wildman–Crippen LogP) is 2.38. The van der Waals surface area contributed by atoms with E-state index in [9.17, 15) is 0 Å². The van der Waals surface area contributed by atoms with E-state index < -0.39 is 0 Å². The lowest BCUT2D eigenvalue weighted by Crippen LogP contribution is -2.29. The number of aryl methyl sites for hydroxylation is 1. The SMILES string of the molecule is COCCN1CCc2sc(Nc3nccc(C)n3)nc2-c2cn[nH]c21. The predicted molar refractivity (Wildman–Crippen MR) is 97.5 cm³/mol. The lowest BCUT2D eigenvalue weighted by Gasteiger charge is -2.21. The van der Waals surface area contributed by atoms with Crippen LogP contribution in [0.5, 0.6) is 0 Å². The van der Waals surface area contributed by atoms with E-state index in [1.54, 1.807) is 24.6 Å². The number of methoxy groups -OCH3 is 1. The molecule has 0 radical (unpaired) electrons. The Balaban J connectivity index is 1.63. The molecule has 0 bridgehead atoms. The Labute approximate surface area is 149 Å². The van der Waals surface area contributed by atoms with Crippen LogP contribution in [-0.2, 0) is 11.2 Å². The molecule has 25 heavy (non-hydrogen) atoms. The first kappa shape index (κ1) is 16.0. The van der Waals surface area contributed by atoms with Crippen molar-refractivity contribution in [3.63, 3.8) is 0 Å². The number of anilines is 3. The lowest BCUT2D eigenvalue weighted by molar-refractivity contribution is 0.205. The molecule has 0 fully saturated rings. The van der Waals surface area contributed by atoms with Crippen molar-refractivity contribution in [2.24, 2.45) is 0 Å². The average Bonchev–Trinajstić information content (AvgIpc) is 3.19. The molecule has 4 heterocycles. The quantitative estimate of drug-likeness (QED) is 0.724. The molecule has 0 atom stereocenters. The molecule has 0 unspecified atom stereocenters. The van der Waals surface area contributed by atoms with Gasteiger partial charge < -0.3 is 15.0 Å². The topological polar surface area (TPSA) is 91.8 Å². The number of aromatic nitrogens is 5. The van der Waals surface area contributed by atoms with Gasteiger partial charge >= 0.3 is 0 Å². The average molecular weight is 357 g/mol. The molecule has 0 saturated carbocycles. The molecule has 9 heteroatoms. The van der Waals surface area contributed by atoms with E-state index in [1.165, 1.54) is 4.88 Å². The number of hydrogen-bond acceptors (Lipinski definition) is 8. The normalized spacial score (nSPS) is 13.3. The van der Waals surface area contributed by atoms with E-state index in [-0.39, 0.29) is 0 Å². The molecule has 8 nitrogen and oxygen atoms in total. The molecular formula is C16H19N7OS. The van der Waals surface area contributed by atoms with Crippen molar-refractivity contribution in [2.45, 2.75) is 13.3 Å². The molecule has 2 N–H and O–H groups in total. The van der Waals surface area contributed by atoms with Gasteiger partial charge in [0, 0.05) is 43.4 Å². The second-order valence-electron chi connectivity index (χ2n) is 5.80. The molecule has 3 aromatic rings. The first-order valence-electron chi connectivity index (χ1n) is 8.08. The van der Waals surface area contributed by atoms with E-state index in [1.807, 2.05) is 19.2 Å². The Hall–Kier alpha value is -2.52. The second-order valence-corrected chi connectivity index (χ2v) is 6.88. The number of hydrogen-bond donors (Lipinski definition) is 2. The largest absolute Gasteiger partial charge is 0.383 e. The molecule has 3 aromatic heterocycles. The smallest absolute Gasteiger partial charge is 0.229 e. The summed E-state index contributed by atoms with van der Waals surface area (Å²) >= 11 is 1.64. The summed E-state index contributed by atoms with van der Waals surface area (Å²) in [5.41, 5.74) is 2.92. The number of fused-ring (bicyclic) bond motifs is 3. The van der Waals surface area contributed by atoms with Crippen LogP contribution in [-0.4, -0.2) is 52.0 Å². The first-order valence-corrected chi connectivity index (χ1v) is 8.90. The third-order valence-corrected chi connectivity index (χ3v) is 5.11. The second kappa shape index (κ2) is 6.77. The van der Waals surface area contributed by atoms with Gasteiger partial charge in [-0.2, -0.15) is 5.10 Å². The summed E-state index contributed by atoms with van der Waals surface area (Å²) in [7, 11) is 1.72. The highest BCUT2D eigenvalue weighted by molar-refractivity contribution is 7.16. The van der Waals surface area contributed by atoms with Crippen molar-refractivity contribution in [3.05, 3.63) is 29.0 Å². The molecule has 1 aliphatic rings. The minimum Gasteiger partial charge on any atom is -0.383 e. The van der Waals surface area contributed by atoms with Crippen LogP contribution in [0.2, 0.25) is 0 Å². The third kappa shape index (κ3) is 3.20. The van der Waals surface area contributed by atoms with Crippen LogP contribution in [0.15, 0.2) is 18.5 Å². The number of ether oxygens (including phenoxy) is 1. The van der Waals surface area contributed by atoms with Crippen molar-refractivity contribution in [1.29, 1.82) is 0 Å². The summed E-state index contributed by atoms with van der Waals surface area (Å²) in [6, 6.07) is 1.87. The Morgan fingerprint density at radius 3 is 3.16 bits per heavy atom. The minimum absolute atomic E-state index is 0.568. The Morgan fingerprint density at radius 2 is 2.32 bits per heavy atom. The molecule has 0 spiro atoms. The van der Waals surface area contributed by atoms with Gasteiger partial charge in [-0.15, -0.1) is 11.3 Å². The van der Waals surface area contributed by atoms with Crippen molar-refractivity contribution in [3.8, 4) is 11.3 Å². The monoisotopic (exact) mass is 357 g/mol. The molecule has 1 aliphatic heterocycles. The molecule has 0 amide bonds. The zero-order valence-electron chi connectivity index (χ0n) is 14.1. The summed E-state index contributed by atoms with van der Waals surface area (Å²) in [5, 5.41) is 11.3. The van der Waals surface area contributed by atoms with E-state index in [2.05, 4.69) is 30.4 Å². The maximum Gasteiger partial charge on any atom is 0.229 e. The Morgan fingerprint density at radius 1 is 1.40 bits per heavy atom. The highest BCUT2D eigenvalue weighted by Gasteiger charge is 2.25. The van der Waals surface area contributed by atoms with Gasteiger partial charge in [0.15, 0.2) is 5.13 Å². The fourth-order valence-electron chi connectivity index (χ4n) is 2.86. The zero-order chi connectivity index (χ0) is 17.2. The Kier molecular flexibility index (Phi) is 4.33. The van der Waals surface area contributed by atoms with Crippen LogP contribution >= 0.6 is 11.3 Å². The molecule has 130 valence electrons. The van der Waals surface area contributed by atoms with Crippen molar-refractivity contribution in [2.75, 3.05) is 37.0 Å². The van der Waals surface area contributed by atoms with Gasteiger partial charge in [0.05, 0.1) is 24.1 Å². The summed E-state index contributed by atoms with van der Waals surface area (Å²) in [4.78, 5) is 16.9. The van der Waals surface area contributed by atoms with Gasteiger partial charge in [-0.3, -0.25) is 5.10 Å². The first-order chi connectivity index (χ1) is 12.2. The number of aromatic amines is 1. The van der Waals surface area contributed by atoms with E-state index in [0.29, 0.717) is 12.6 Å². The lowest BCUT2D eigenvalue weighted by atomic mass is 10.2. The van der Waals surface area contributed by atoms with Crippen LogP contribution in [0, 0.1) is 6.92 Å². The number of thiazole rings is 1. The van der Waals surface area contributed by atoms with Crippen molar-refractivity contribution >= 4 is 28.2 Å². The highest BCUT2D eigenvalue weighted by atomic mass is 32.1. The van der Waals surface area contributed by atoms with E-state index >= 15 is 0 Å². The standard InChI is InChI=1S/C16H19N7OS/c1-10-3-5-17-15(19-10)21-16-20-13-11-9-18-22-14(11)23(7-8-24-2)6-4-12(13)25-16/h3,5,9H,4,6-8H2,1-2H3,(H,18,22)(H,17,19,20,21). The summed E-state index contributed by atoms with van der Waals surface area (Å²) in [6.45, 7) is 4.34. The van der Waals surface area contributed by atoms with Crippen LogP contribution < -0.4 is 10.2 Å². The van der Waals surface area contributed by atoms with Gasteiger partial charge in [-0.25, -0.2) is 15.0 Å². The van der Waals surface area contributed by atoms with E-state index in [4.69, 9.17) is 9.72 Å². The van der Waals surface area contributed by atoms with Gasteiger partial charge in [-0.1, -0.05) is 0 Å². The summed E-state index contributed by atoms with van der Waals surface area (Å²) < 4.78 is 5.22. The highest BCUT2D eigenvalue weighted by Crippen LogP contribution is 2.38. The summed E-state index contributed by atoms with van der Waals surface area (Å²) in [6.07, 6.45) is 4.51. The number of nitrogens with one attached hydrogen (secondary N) is 2. The molecule has 0 aromatic carbocycles. The maximum atomic E-state index is 5.22. The molecule has 4 rings (SSSR count). The molecule has 0 saturated heterocycles. The zero-order valence-corrected chi connectivity index (χ0v) is 14.9. The van der Waals surface area contributed by atoms with Gasteiger partial charge in [0.1, 0.15) is 5.82 Å². The molecular weight excluding hydrogens is 338 g/mol. The van der Waals surface area contributed by atoms with Crippen LogP contribution in [0.4, 0.5) is 16.9 Å². The van der Waals surface area contributed by atoms with E-state index in [0.717, 1.165) is 47.4 Å². The molecule has 0 aliphatic carbocycles. The fraction of sp³-hybridized carbons (Fsp3) is 0.375. The van der Waals surface area contributed by atoms with Crippen molar-refractivity contribution in [1.82, 2.24) is 25.1 Å². The van der Waals surface area contributed by atoms with Crippen LogP contribution in [0.3, 0.4) is 0 Å². The van der Waals surface area contributed by atoms with Gasteiger partial charge in [0.25, 0.3) is 0 Å². The summed E-state index contributed by atoms with van der Waals surface area (Å²) in [5.74, 6) is 1.57. The fourth-order valence-corrected chi connectivity index (χ4v) is 3.82. The number of H-pyrrole nitrogens is 1. The van der Waals surface area contributed by atoms with Crippen molar-refractivity contribution < 1.29 is 4.74 Å². The number of rotatable bonds is 5. The Bertz CT molecular complexity index is 875. The third-order valence-electron chi connectivity index (χ3n) is 4.08. The van der Waals surface area contributed by atoms with Gasteiger partial charge in [0.2, 0.25) is 5.95 Å². The van der Waals surface area contributed by atoms with Crippen LogP contribution in [0.25, 0.3) is 11.3 Å². The number of nitrogens with zero attached hydrogens (tertiary/aromatic N) is 5. The van der Waals surface area contributed by atoms with Gasteiger partial charge in [-0.05, 0) is 13.0 Å².